The van der Waals surface area contributed by atoms with E-state index >= 15 is 0 Å². The van der Waals surface area contributed by atoms with E-state index in [0.717, 1.165) is 25.1 Å². The van der Waals surface area contributed by atoms with Crippen molar-refractivity contribution in [3.05, 3.63) is 59.8 Å². The van der Waals surface area contributed by atoms with Gasteiger partial charge in [0.05, 0.1) is 32.8 Å². The van der Waals surface area contributed by atoms with E-state index in [0.29, 0.717) is 53.2 Å². The van der Waals surface area contributed by atoms with E-state index in [1.54, 1.807) is 24.4 Å². The molecule has 2 aromatic carbocycles. The van der Waals surface area contributed by atoms with Crippen LogP contribution in [0, 0.1) is 5.92 Å². The third-order valence-corrected chi connectivity index (χ3v) is 6.43. The lowest BCUT2D eigenvalue weighted by Gasteiger charge is -2.33. The van der Waals surface area contributed by atoms with Crippen molar-refractivity contribution in [3.63, 3.8) is 0 Å². The van der Waals surface area contributed by atoms with E-state index in [2.05, 4.69) is 20.6 Å². The van der Waals surface area contributed by atoms with Gasteiger partial charge in [0.25, 0.3) is 0 Å². The Balaban J connectivity index is 1.39. The first-order valence-electron chi connectivity index (χ1n) is 12.3. The number of ether oxygens (including phenoxy) is 3. The molecule has 9 nitrogen and oxygen atoms in total. The van der Waals surface area contributed by atoms with Crippen LogP contribution >= 0.6 is 0 Å². The molecule has 12 heteroatoms. The summed E-state index contributed by atoms with van der Waals surface area (Å²) in [5, 5.41) is 6.00. The largest absolute Gasteiger partial charge is 0.493 e. The Labute approximate surface area is 224 Å². The summed E-state index contributed by atoms with van der Waals surface area (Å²) in [5.74, 6) is 2.03. The van der Waals surface area contributed by atoms with Gasteiger partial charge in [-0.3, -0.25) is 4.79 Å². The lowest BCUT2D eigenvalue weighted by molar-refractivity contribution is -0.137. The third kappa shape index (κ3) is 6.81. The lowest BCUT2D eigenvalue weighted by atomic mass is 9.97. The highest BCUT2D eigenvalue weighted by atomic mass is 19.4. The average molecular weight is 546 g/mol. The van der Waals surface area contributed by atoms with Crippen molar-refractivity contribution in [2.75, 3.05) is 44.6 Å². The Bertz CT molecular complexity index is 1260. The summed E-state index contributed by atoms with van der Waals surface area (Å²) in [6, 6.07) is 10.1. The molecule has 1 aliphatic rings. The molecule has 0 spiro atoms. The van der Waals surface area contributed by atoms with Gasteiger partial charge in [0.1, 0.15) is 5.82 Å². The standard InChI is InChI=1S/C27H30F3N5O4/c1-37-21-13-20(14-22(38-2)24(21)39-3)33-26-31-11-10-23(34-26)35-12-4-5-18(16-35)25(36)32-15-17-6-8-19(9-7-17)27(28,29)30/h6-11,13-14,18H,4-5,12,15-16H2,1-3H3,(H,32,36)(H,31,33,34)/t18-/m0/s1. The number of aromatic nitrogens is 2. The third-order valence-electron chi connectivity index (χ3n) is 6.43. The Kier molecular flexibility index (Phi) is 8.62. The molecule has 0 unspecified atom stereocenters. The Hall–Kier alpha value is -4.22. The van der Waals surface area contributed by atoms with E-state index < -0.39 is 11.7 Å². The first-order chi connectivity index (χ1) is 18.7. The molecule has 39 heavy (non-hydrogen) atoms. The number of piperidine rings is 1. The topological polar surface area (TPSA) is 97.8 Å². The maximum absolute atomic E-state index is 12.9. The highest BCUT2D eigenvalue weighted by Crippen LogP contribution is 2.40. The van der Waals surface area contributed by atoms with Gasteiger partial charge in [0.2, 0.25) is 17.6 Å². The van der Waals surface area contributed by atoms with Gasteiger partial charge in [-0.05, 0) is 36.6 Å². The molecule has 2 heterocycles. The zero-order valence-corrected chi connectivity index (χ0v) is 21.8. The predicted octanol–water partition coefficient (Wildman–Crippen LogP) is 4.80. The molecule has 1 aromatic heterocycles. The van der Waals surface area contributed by atoms with Gasteiger partial charge >= 0.3 is 6.18 Å². The van der Waals surface area contributed by atoms with Gasteiger partial charge in [-0.2, -0.15) is 18.2 Å². The smallest absolute Gasteiger partial charge is 0.416 e. The molecule has 2 N–H and O–H groups in total. The zero-order valence-electron chi connectivity index (χ0n) is 21.8. The van der Waals surface area contributed by atoms with E-state index in [1.165, 1.54) is 33.5 Å². The monoisotopic (exact) mass is 545 g/mol. The van der Waals surface area contributed by atoms with Crippen LogP contribution in [0.5, 0.6) is 17.2 Å². The minimum Gasteiger partial charge on any atom is -0.493 e. The van der Waals surface area contributed by atoms with Crippen molar-refractivity contribution < 1.29 is 32.2 Å². The predicted molar refractivity (Wildman–Crippen MR) is 140 cm³/mol. The normalized spacial score (nSPS) is 15.4. The molecular formula is C27H30F3N5O4. The fourth-order valence-electron chi connectivity index (χ4n) is 4.41. The number of methoxy groups -OCH3 is 3. The Morgan fingerprint density at radius 3 is 2.36 bits per heavy atom. The number of nitrogens with one attached hydrogen (secondary N) is 2. The fourth-order valence-corrected chi connectivity index (χ4v) is 4.41. The van der Waals surface area contributed by atoms with Crippen molar-refractivity contribution >= 4 is 23.4 Å². The highest BCUT2D eigenvalue weighted by molar-refractivity contribution is 5.79. The molecular weight excluding hydrogens is 515 g/mol. The number of carbonyl (C=O) groups excluding carboxylic acids is 1. The molecule has 1 amide bonds. The number of carbonyl (C=O) groups is 1. The molecule has 1 fully saturated rings. The maximum atomic E-state index is 12.9. The summed E-state index contributed by atoms with van der Waals surface area (Å²) in [7, 11) is 4.59. The molecule has 0 bridgehead atoms. The van der Waals surface area contributed by atoms with Crippen molar-refractivity contribution in [1.29, 1.82) is 0 Å². The van der Waals surface area contributed by atoms with Crippen LogP contribution in [0.4, 0.5) is 30.6 Å². The van der Waals surface area contributed by atoms with Crippen molar-refractivity contribution in [1.82, 2.24) is 15.3 Å². The van der Waals surface area contributed by atoms with Crippen LogP contribution in [0.3, 0.4) is 0 Å². The van der Waals surface area contributed by atoms with Gasteiger partial charge in [-0.25, -0.2) is 4.98 Å². The van der Waals surface area contributed by atoms with Crippen molar-refractivity contribution in [2.45, 2.75) is 25.6 Å². The minimum atomic E-state index is -4.39. The molecule has 1 aliphatic heterocycles. The number of nitrogens with zero attached hydrogens (tertiary/aromatic N) is 3. The summed E-state index contributed by atoms with van der Waals surface area (Å²) in [5.41, 5.74) is 0.521. The zero-order chi connectivity index (χ0) is 28.0. The quantitative estimate of drug-likeness (QED) is 0.396. The number of hydrogen-bond donors (Lipinski definition) is 2. The number of halogens is 3. The molecule has 1 saturated heterocycles. The van der Waals surface area contributed by atoms with Gasteiger partial charge in [0.15, 0.2) is 11.5 Å². The van der Waals surface area contributed by atoms with Gasteiger partial charge < -0.3 is 29.7 Å². The van der Waals surface area contributed by atoms with Crippen LogP contribution in [0.1, 0.15) is 24.0 Å². The molecule has 208 valence electrons. The first-order valence-corrected chi connectivity index (χ1v) is 12.3. The SMILES string of the molecule is COc1cc(Nc2nccc(N3CCC[C@H](C(=O)NCc4ccc(C(F)(F)F)cc4)C3)n2)cc(OC)c1OC. The van der Waals surface area contributed by atoms with Crippen LogP contribution < -0.4 is 29.7 Å². The maximum Gasteiger partial charge on any atom is 0.416 e. The van der Waals surface area contributed by atoms with Crippen LogP contribution in [0.25, 0.3) is 0 Å². The second kappa shape index (κ2) is 12.1. The van der Waals surface area contributed by atoms with Crippen LogP contribution in [0.15, 0.2) is 48.7 Å². The van der Waals surface area contributed by atoms with Crippen molar-refractivity contribution in [3.8, 4) is 17.2 Å². The summed E-state index contributed by atoms with van der Waals surface area (Å²) in [4.78, 5) is 23.8. The molecule has 0 radical (unpaired) electrons. The molecule has 3 aromatic rings. The minimum absolute atomic E-state index is 0.149. The summed E-state index contributed by atoms with van der Waals surface area (Å²) in [6.45, 7) is 1.34. The number of rotatable bonds is 9. The Morgan fingerprint density at radius 2 is 1.74 bits per heavy atom. The van der Waals surface area contributed by atoms with E-state index in [1.807, 2.05) is 4.90 Å². The first kappa shape index (κ1) is 27.8. The van der Waals surface area contributed by atoms with Crippen molar-refractivity contribution in [2.24, 2.45) is 5.92 Å². The van der Waals surface area contributed by atoms with E-state index in [9.17, 15) is 18.0 Å². The lowest BCUT2D eigenvalue weighted by Crippen LogP contribution is -2.43. The second-order valence-corrected chi connectivity index (χ2v) is 8.98. The van der Waals surface area contributed by atoms with Gasteiger partial charge in [0, 0.05) is 43.7 Å². The highest BCUT2D eigenvalue weighted by Gasteiger charge is 2.30. The molecule has 1 atom stereocenters. The summed E-state index contributed by atoms with van der Waals surface area (Å²) in [6.07, 6.45) is -1.26. The number of anilines is 3. The Morgan fingerprint density at radius 1 is 1.05 bits per heavy atom. The second-order valence-electron chi connectivity index (χ2n) is 8.98. The van der Waals surface area contributed by atoms with E-state index in [4.69, 9.17) is 14.2 Å². The molecule has 0 saturated carbocycles. The van der Waals surface area contributed by atoms with Gasteiger partial charge in [-0.15, -0.1) is 0 Å². The number of hydrogen-bond acceptors (Lipinski definition) is 8. The summed E-state index contributed by atoms with van der Waals surface area (Å²) >= 11 is 0. The van der Waals surface area contributed by atoms with Crippen LogP contribution in [-0.4, -0.2) is 50.3 Å². The van der Waals surface area contributed by atoms with Crippen LogP contribution in [-0.2, 0) is 17.5 Å². The number of alkyl halides is 3. The average Bonchev–Trinajstić information content (AvgIpc) is 2.95. The summed E-state index contributed by atoms with van der Waals surface area (Å²) < 4.78 is 54.5. The van der Waals surface area contributed by atoms with Gasteiger partial charge in [-0.1, -0.05) is 12.1 Å². The molecule has 0 aliphatic carbocycles. The molecule has 4 rings (SSSR count). The number of amides is 1. The fraction of sp³-hybridized carbons (Fsp3) is 0.370. The number of benzene rings is 2. The van der Waals surface area contributed by atoms with E-state index in [-0.39, 0.29) is 18.4 Å². The van der Waals surface area contributed by atoms with Crippen LogP contribution in [0.2, 0.25) is 0 Å².